The molecule has 0 unspecified atom stereocenters. The first-order chi connectivity index (χ1) is 6.27. The lowest BCUT2D eigenvalue weighted by molar-refractivity contribution is 0.559. The molecule has 0 spiro atoms. The van der Waals surface area contributed by atoms with Crippen molar-refractivity contribution in [3.05, 3.63) is 12.2 Å². The van der Waals surface area contributed by atoms with Crippen LogP contribution in [0, 0.1) is 5.92 Å². The molecule has 0 aliphatic carbocycles. The van der Waals surface area contributed by atoms with Gasteiger partial charge in [0.1, 0.15) is 0 Å². The first kappa shape index (κ1) is 12.7. The number of unbranched alkanes of at least 4 members (excludes halogenated alkanes) is 4. The highest BCUT2D eigenvalue weighted by atomic mass is 14.0. The van der Waals surface area contributed by atoms with Gasteiger partial charge < -0.3 is 0 Å². The molecule has 0 N–H and O–H groups in total. The van der Waals surface area contributed by atoms with Gasteiger partial charge in [-0.15, -0.1) is 0 Å². The van der Waals surface area contributed by atoms with Crippen LogP contribution in [0.3, 0.4) is 0 Å². The van der Waals surface area contributed by atoms with Crippen LogP contribution < -0.4 is 0 Å². The van der Waals surface area contributed by atoms with Gasteiger partial charge in [-0.05, 0) is 31.6 Å². The molecule has 13 heavy (non-hydrogen) atoms. The second kappa shape index (κ2) is 9.83. The van der Waals surface area contributed by atoms with Crippen molar-refractivity contribution in [1.82, 2.24) is 0 Å². The third kappa shape index (κ3) is 11.7. The summed E-state index contributed by atoms with van der Waals surface area (Å²) in [7, 11) is 0. The van der Waals surface area contributed by atoms with Gasteiger partial charge in [0.25, 0.3) is 0 Å². The Morgan fingerprint density at radius 2 is 1.54 bits per heavy atom. The fourth-order valence-corrected chi connectivity index (χ4v) is 1.39. The Labute approximate surface area is 84.4 Å². The topological polar surface area (TPSA) is 0 Å². The summed E-state index contributed by atoms with van der Waals surface area (Å²) in [5, 5.41) is 0. The molecule has 0 amide bonds. The zero-order valence-corrected chi connectivity index (χ0v) is 9.68. The van der Waals surface area contributed by atoms with Crippen LogP contribution in [-0.2, 0) is 0 Å². The molecule has 0 atom stereocenters. The molecule has 0 saturated heterocycles. The smallest absolute Gasteiger partial charge is 0.0351 e. The molecule has 0 bridgehead atoms. The number of hydrogen-bond acceptors (Lipinski definition) is 0. The Bertz CT molecular complexity index is 111. The maximum Gasteiger partial charge on any atom is -0.0351 e. The van der Waals surface area contributed by atoms with E-state index in [0.29, 0.717) is 0 Å². The summed E-state index contributed by atoms with van der Waals surface area (Å²) in [6, 6.07) is 0. The molecule has 0 heteroatoms. The van der Waals surface area contributed by atoms with E-state index in [4.69, 9.17) is 0 Å². The van der Waals surface area contributed by atoms with E-state index < -0.39 is 0 Å². The minimum Gasteiger partial charge on any atom is -0.0885 e. The molecule has 0 saturated carbocycles. The second-order valence-corrected chi connectivity index (χ2v) is 4.29. The van der Waals surface area contributed by atoms with Crippen LogP contribution >= 0.6 is 0 Å². The van der Waals surface area contributed by atoms with E-state index >= 15 is 0 Å². The summed E-state index contributed by atoms with van der Waals surface area (Å²) < 4.78 is 0. The van der Waals surface area contributed by atoms with Gasteiger partial charge in [0.05, 0.1) is 0 Å². The Morgan fingerprint density at radius 3 is 2.08 bits per heavy atom. The zero-order chi connectivity index (χ0) is 9.94. The number of rotatable bonds is 8. The molecular weight excluding hydrogens is 156 g/mol. The van der Waals surface area contributed by atoms with Gasteiger partial charge in [0.15, 0.2) is 0 Å². The lowest BCUT2D eigenvalue weighted by Gasteiger charge is -2.00. The standard InChI is InChI=1S/C13H26/c1-4-5-6-7-8-9-10-11-12-13(2)3/h8-9,13H,4-7,10-12H2,1-3H3. The third-order valence-corrected chi connectivity index (χ3v) is 2.29. The van der Waals surface area contributed by atoms with Gasteiger partial charge >= 0.3 is 0 Å². The Balaban J connectivity index is 3.03. The van der Waals surface area contributed by atoms with Crippen molar-refractivity contribution in [2.75, 3.05) is 0 Å². The van der Waals surface area contributed by atoms with E-state index in [1.165, 1.54) is 44.9 Å². The molecule has 0 aromatic carbocycles. The van der Waals surface area contributed by atoms with E-state index in [9.17, 15) is 0 Å². The normalized spacial score (nSPS) is 11.7. The molecule has 0 aliphatic rings. The SMILES string of the molecule is CCCCCC=CCCCC(C)C. The van der Waals surface area contributed by atoms with Crippen LogP contribution in [0.25, 0.3) is 0 Å². The number of allylic oxidation sites excluding steroid dienone is 2. The Hall–Kier alpha value is -0.260. The Morgan fingerprint density at radius 1 is 0.923 bits per heavy atom. The van der Waals surface area contributed by atoms with Gasteiger partial charge in [-0.1, -0.05) is 52.2 Å². The highest BCUT2D eigenvalue weighted by molar-refractivity contribution is 4.81. The van der Waals surface area contributed by atoms with Crippen LogP contribution in [0.1, 0.15) is 65.7 Å². The van der Waals surface area contributed by atoms with Crippen LogP contribution in [0.5, 0.6) is 0 Å². The van der Waals surface area contributed by atoms with Crippen molar-refractivity contribution < 1.29 is 0 Å². The average molecular weight is 182 g/mol. The van der Waals surface area contributed by atoms with Crippen molar-refractivity contribution in [2.45, 2.75) is 65.7 Å². The average Bonchev–Trinajstić information content (AvgIpc) is 2.09. The first-order valence-electron chi connectivity index (χ1n) is 5.92. The van der Waals surface area contributed by atoms with E-state index in [1.807, 2.05) is 0 Å². The molecule has 0 radical (unpaired) electrons. The molecule has 0 aromatic heterocycles. The van der Waals surface area contributed by atoms with Gasteiger partial charge in [-0.2, -0.15) is 0 Å². The first-order valence-corrected chi connectivity index (χ1v) is 5.92. The minimum absolute atomic E-state index is 0.869. The van der Waals surface area contributed by atoms with Gasteiger partial charge in [-0.25, -0.2) is 0 Å². The highest BCUT2D eigenvalue weighted by Crippen LogP contribution is 2.07. The van der Waals surface area contributed by atoms with Crippen molar-refractivity contribution in [3.8, 4) is 0 Å². The summed E-state index contributed by atoms with van der Waals surface area (Å²) in [4.78, 5) is 0. The summed E-state index contributed by atoms with van der Waals surface area (Å²) >= 11 is 0. The predicted octanol–water partition coefficient (Wildman–Crippen LogP) is 4.95. The summed E-state index contributed by atoms with van der Waals surface area (Å²) in [5.41, 5.74) is 0. The quantitative estimate of drug-likeness (QED) is 0.368. The molecule has 0 fully saturated rings. The van der Waals surface area contributed by atoms with E-state index in [1.54, 1.807) is 0 Å². The molecule has 0 aromatic rings. The van der Waals surface area contributed by atoms with Crippen molar-refractivity contribution in [3.63, 3.8) is 0 Å². The largest absolute Gasteiger partial charge is 0.0885 e. The molecule has 0 nitrogen and oxygen atoms in total. The monoisotopic (exact) mass is 182 g/mol. The van der Waals surface area contributed by atoms with Crippen LogP contribution in [0.4, 0.5) is 0 Å². The van der Waals surface area contributed by atoms with Gasteiger partial charge in [-0.3, -0.25) is 0 Å². The van der Waals surface area contributed by atoms with Crippen molar-refractivity contribution in [2.24, 2.45) is 5.92 Å². The summed E-state index contributed by atoms with van der Waals surface area (Å²) in [5.74, 6) is 0.869. The fraction of sp³-hybridized carbons (Fsp3) is 0.846. The molecule has 0 heterocycles. The molecule has 0 aliphatic heterocycles. The number of hydrogen-bond donors (Lipinski definition) is 0. The maximum atomic E-state index is 2.36. The van der Waals surface area contributed by atoms with Crippen molar-refractivity contribution in [1.29, 1.82) is 0 Å². The molecule has 78 valence electrons. The van der Waals surface area contributed by atoms with E-state index in [2.05, 4.69) is 32.9 Å². The van der Waals surface area contributed by atoms with Gasteiger partial charge in [0.2, 0.25) is 0 Å². The lowest BCUT2D eigenvalue weighted by atomic mass is 10.1. The third-order valence-electron chi connectivity index (χ3n) is 2.29. The zero-order valence-electron chi connectivity index (χ0n) is 9.68. The molecule has 0 rings (SSSR count). The fourth-order valence-electron chi connectivity index (χ4n) is 1.39. The highest BCUT2D eigenvalue weighted by Gasteiger charge is 1.90. The summed E-state index contributed by atoms with van der Waals surface area (Å²) in [6.45, 7) is 6.85. The lowest BCUT2D eigenvalue weighted by Crippen LogP contribution is -1.84. The van der Waals surface area contributed by atoms with Gasteiger partial charge in [0, 0.05) is 0 Å². The van der Waals surface area contributed by atoms with E-state index in [-0.39, 0.29) is 0 Å². The Kier molecular flexibility index (Phi) is 9.63. The minimum atomic E-state index is 0.869. The van der Waals surface area contributed by atoms with Crippen LogP contribution in [0.15, 0.2) is 12.2 Å². The summed E-state index contributed by atoms with van der Waals surface area (Å²) in [6.07, 6.45) is 14.1. The van der Waals surface area contributed by atoms with Crippen LogP contribution in [-0.4, -0.2) is 0 Å². The predicted molar refractivity (Wildman–Crippen MR) is 62.0 cm³/mol. The van der Waals surface area contributed by atoms with E-state index in [0.717, 1.165) is 5.92 Å². The molecular formula is C13H26. The van der Waals surface area contributed by atoms with Crippen molar-refractivity contribution >= 4 is 0 Å². The second-order valence-electron chi connectivity index (χ2n) is 4.29. The van der Waals surface area contributed by atoms with Crippen LogP contribution in [0.2, 0.25) is 0 Å². The maximum absolute atomic E-state index is 2.36.